The zero-order valence-electron chi connectivity index (χ0n) is 11.1. The highest BCUT2D eigenvalue weighted by Crippen LogP contribution is 2.26. The van der Waals surface area contributed by atoms with Crippen LogP contribution < -0.4 is 9.46 Å². The van der Waals surface area contributed by atoms with Gasteiger partial charge in [-0.3, -0.25) is 0 Å². The Morgan fingerprint density at radius 3 is 2.67 bits per heavy atom. The molecule has 0 bridgehead atoms. The van der Waals surface area contributed by atoms with Crippen molar-refractivity contribution in [2.45, 2.75) is 11.1 Å². The average Bonchev–Trinajstić information content (AvgIpc) is 2.86. The summed E-state index contributed by atoms with van der Waals surface area (Å²) in [5, 5.41) is 0.494. The van der Waals surface area contributed by atoms with Gasteiger partial charge in [-0.25, -0.2) is 13.1 Å². The summed E-state index contributed by atoms with van der Waals surface area (Å²) in [6.07, 6.45) is 0. The molecule has 1 heterocycles. The molecular formula is C13H13Cl2NO3S2. The van der Waals surface area contributed by atoms with Crippen molar-refractivity contribution in [1.82, 2.24) is 4.72 Å². The summed E-state index contributed by atoms with van der Waals surface area (Å²) in [5.41, 5.74) is 1.02. The molecule has 0 saturated heterocycles. The maximum Gasteiger partial charge on any atom is 0.250 e. The number of hydrogen-bond donors (Lipinski definition) is 1. The number of thiophene rings is 1. The summed E-state index contributed by atoms with van der Waals surface area (Å²) in [6, 6.07) is 8.43. The highest BCUT2D eigenvalue weighted by Gasteiger charge is 2.15. The molecule has 0 aliphatic heterocycles. The molecule has 0 amide bonds. The van der Waals surface area contributed by atoms with Crippen LogP contribution in [0.5, 0.6) is 5.75 Å². The summed E-state index contributed by atoms with van der Waals surface area (Å²) >= 11 is 12.7. The summed E-state index contributed by atoms with van der Waals surface area (Å²) in [5.74, 6) is 0.537. The normalized spacial score (nSPS) is 11.6. The first-order valence-electron chi connectivity index (χ1n) is 6.02. The van der Waals surface area contributed by atoms with Crippen molar-refractivity contribution in [3.8, 4) is 5.75 Å². The van der Waals surface area contributed by atoms with Gasteiger partial charge in [0, 0.05) is 6.54 Å². The van der Waals surface area contributed by atoms with E-state index in [9.17, 15) is 8.42 Å². The predicted octanol–water partition coefficient (Wildman–Crippen LogP) is 3.72. The maximum absolute atomic E-state index is 11.9. The Bertz CT molecular complexity index is 729. The molecule has 0 spiro atoms. The van der Waals surface area contributed by atoms with Gasteiger partial charge in [0.15, 0.2) is 0 Å². The van der Waals surface area contributed by atoms with Gasteiger partial charge in [0.2, 0.25) is 10.0 Å². The molecular weight excluding hydrogens is 353 g/mol. The third-order valence-corrected chi connectivity index (χ3v) is 6.05. The van der Waals surface area contributed by atoms with Crippen LogP contribution in [-0.2, 0) is 10.0 Å². The van der Waals surface area contributed by atoms with Gasteiger partial charge in [0.25, 0.3) is 0 Å². The van der Waals surface area contributed by atoms with E-state index < -0.39 is 10.0 Å². The Morgan fingerprint density at radius 2 is 2.00 bits per heavy atom. The van der Waals surface area contributed by atoms with Crippen LogP contribution in [0.3, 0.4) is 0 Å². The Kier molecular flexibility index (Phi) is 5.51. The van der Waals surface area contributed by atoms with Crippen molar-refractivity contribution in [3.05, 3.63) is 45.3 Å². The maximum atomic E-state index is 11.9. The third kappa shape index (κ3) is 4.59. The molecule has 2 rings (SSSR count). The van der Waals surface area contributed by atoms with Crippen LogP contribution in [0.25, 0.3) is 0 Å². The fourth-order valence-corrected chi connectivity index (χ4v) is 4.28. The Balaban J connectivity index is 1.88. The number of halogens is 2. The van der Waals surface area contributed by atoms with E-state index in [1.807, 2.05) is 13.0 Å². The highest BCUT2D eigenvalue weighted by atomic mass is 35.5. The van der Waals surface area contributed by atoms with E-state index in [0.29, 0.717) is 15.1 Å². The van der Waals surface area contributed by atoms with E-state index in [2.05, 4.69) is 4.72 Å². The molecule has 21 heavy (non-hydrogen) atoms. The van der Waals surface area contributed by atoms with Crippen molar-refractivity contribution in [2.24, 2.45) is 0 Å². The Labute approximate surface area is 137 Å². The predicted molar refractivity (Wildman–Crippen MR) is 86.2 cm³/mol. The number of rotatable bonds is 6. The van der Waals surface area contributed by atoms with Gasteiger partial charge in [-0.05, 0) is 36.8 Å². The van der Waals surface area contributed by atoms with Crippen LogP contribution in [0.15, 0.2) is 34.5 Å². The highest BCUT2D eigenvalue weighted by molar-refractivity contribution is 7.91. The van der Waals surface area contributed by atoms with Crippen LogP contribution in [-0.4, -0.2) is 21.6 Å². The van der Waals surface area contributed by atoms with Crippen LogP contribution in [0.2, 0.25) is 9.36 Å². The van der Waals surface area contributed by atoms with Crippen LogP contribution >= 0.6 is 34.5 Å². The second kappa shape index (κ2) is 6.98. The van der Waals surface area contributed by atoms with E-state index in [1.165, 1.54) is 6.07 Å². The molecule has 1 aromatic carbocycles. The first-order chi connectivity index (χ1) is 9.88. The first-order valence-corrected chi connectivity index (χ1v) is 9.08. The molecule has 114 valence electrons. The number of aryl methyl sites for hydroxylation is 1. The number of ether oxygens (including phenoxy) is 1. The molecule has 4 nitrogen and oxygen atoms in total. The van der Waals surface area contributed by atoms with Crippen LogP contribution in [0, 0.1) is 6.92 Å². The fourth-order valence-electron chi connectivity index (χ4n) is 1.57. The number of hydrogen-bond acceptors (Lipinski definition) is 4. The third-order valence-electron chi connectivity index (χ3n) is 2.55. The van der Waals surface area contributed by atoms with E-state index >= 15 is 0 Å². The molecule has 1 N–H and O–H groups in total. The van der Waals surface area contributed by atoms with Crippen molar-refractivity contribution in [2.75, 3.05) is 13.2 Å². The largest absolute Gasteiger partial charge is 0.491 e. The minimum absolute atomic E-state index is 0.141. The monoisotopic (exact) mass is 365 g/mol. The van der Waals surface area contributed by atoms with Crippen molar-refractivity contribution >= 4 is 44.6 Å². The Hall–Kier alpha value is -0.790. The van der Waals surface area contributed by atoms with Crippen LogP contribution in [0.1, 0.15) is 5.56 Å². The first kappa shape index (κ1) is 16.6. The molecule has 0 radical (unpaired) electrons. The molecule has 0 unspecified atom stereocenters. The molecule has 1 aromatic heterocycles. The average molecular weight is 366 g/mol. The van der Waals surface area contributed by atoms with Gasteiger partial charge >= 0.3 is 0 Å². The topological polar surface area (TPSA) is 55.4 Å². The summed E-state index contributed by atoms with van der Waals surface area (Å²) in [7, 11) is -3.54. The Morgan fingerprint density at radius 1 is 1.24 bits per heavy atom. The van der Waals surface area contributed by atoms with Gasteiger partial charge in [0.05, 0.1) is 9.36 Å². The lowest BCUT2D eigenvalue weighted by atomic mass is 10.2. The minimum Gasteiger partial charge on any atom is -0.491 e. The second-order valence-corrected chi connectivity index (χ2v) is 8.35. The van der Waals surface area contributed by atoms with Crippen molar-refractivity contribution in [1.29, 1.82) is 0 Å². The number of sulfonamides is 1. The van der Waals surface area contributed by atoms with Crippen molar-refractivity contribution in [3.63, 3.8) is 0 Å². The second-order valence-electron chi connectivity index (χ2n) is 4.24. The van der Waals surface area contributed by atoms with Gasteiger partial charge in [-0.2, -0.15) is 0 Å². The minimum atomic E-state index is -3.54. The van der Waals surface area contributed by atoms with E-state index in [1.54, 1.807) is 18.2 Å². The quantitative estimate of drug-likeness (QED) is 0.793. The van der Waals surface area contributed by atoms with Crippen LogP contribution in [0.4, 0.5) is 0 Å². The smallest absolute Gasteiger partial charge is 0.250 e. The summed E-state index contributed by atoms with van der Waals surface area (Å²) in [4.78, 5) is 0. The molecule has 0 atom stereocenters. The lowest BCUT2D eigenvalue weighted by Gasteiger charge is -2.09. The molecule has 2 aromatic rings. The lowest BCUT2D eigenvalue weighted by Crippen LogP contribution is -2.27. The van der Waals surface area contributed by atoms with Crippen molar-refractivity contribution < 1.29 is 13.2 Å². The standard InChI is InChI=1S/C13H13Cl2NO3S2/c1-9-2-3-10(14)11(8-9)19-7-6-16-21(17,18)13-5-4-12(15)20-13/h2-5,8,16H,6-7H2,1H3. The molecule has 8 heteroatoms. The fraction of sp³-hybridized carbons (Fsp3) is 0.231. The van der Waals surface area contributed by atoms with E-state index in [-0.39, 0.29) is 17.4 Å². The van der Waals surface area contributed by atoms with Gasteiger partial charge < -0.3 is 4.74 Å². The molecule has 0 saturated carbocycles. The van der Waals surface area contributed by atoms with Gasteiger partial charge in [-0.15, -0.1) is 11.3 Å². The lowest BCUT2D eigenvalue weighted by molar-refractivity contribution is 0.323. The van der Waals surface area contributed by atoms with Gasteiger partial charge in [-0.1, -0.05) is 29.3 Å². The van der Waals surface area contributed by atoms with E-state index in [4.69, 9.17) is 27.9 Å². The number of benzene rings is 1. The molecule has 0 aliphatic rings. The zero-order chi connectivity index (χ0) is 15.5. The summed E-state index contributed by atoms with van der Waals surface area (Å²) < 4.78 is 32.4. The van der Waals surface area contributed by atoms with Gasteiger partial charge in [0.1, 0.15) is 16.6 Å². The summed E-state index contributed by atoms with van der Waals surface area (Å²) in [6.45, 7) is 2.25. The van der Waals surface area contributed by atoms with E-state index in [0.717, 1.165) is 16.9 Å². The molecule has 0 fully saturated rings. The SMILES string of the molecule is Cc1ccc(Cl)c(OCCNS(=O)(=O)c2ccc(Cl)s2)c1. The number of nitrogens with one attached hydrogen (secondary N) is 1. The zero-order valence-corrected chi connectivity index (χ0v) is 14.2. The molecule has 0 aliphatic carbocycles.